The normalized spacial score (nSPS) is 12.4. The predicted octanol–water partition coefficient (Wildman–Crippen LogP) is 12.4. The van der Waals surface area contributed by atoms with Crippen LogP contribution in [-0.2, 0) is 14.3 Å². The van der Waals surface area contributed by atoms with E-state index in [0.29, 0.717) is 6.42 Å². The Morgan fingerprint density at radius 2 is 0.929 bits per heavy atom. The fourth-order valence-electron chi connectivity index (χ4n) is 5.45. The number of aliphatic carboxylic acids is 1. The number of carbonyl (C=O) groups excluding carboxylic acids is 1. The van der Waals surface area contributed by atoms with Crippen molar-refractivity contribution in [2.45, 2.75) is 206 Å². The summed E-state index contributed by atoms with van der Waals surface area (Å²) in [5, 5.41) is 8.79. The molecular formula is C38H70O4. The van der Waals surface area contributed by atoms with Crippen LogP contribution in [0.1, 0.15) is 200 Å². The molecule has 42 heavy (non-hydrogen) atoms. The third-order valence-electron chi connectivity index (χ3n) is 8.18. The van der Waals surface area contributed by atoms with Crippen LogP contribution in [0.2, 0.25) is 0 Å². The van der Waals surface area contributed by atoms with E-state index in [1.54, 1.807) is 0 Å². The number of allylic oxidation sites excluding steroid dienone is 4. The number of rotatable bonds is 33. The molecule has 4 heteroatoms. The highest BCUT2D eigenvalue weighted by molar-refractivity contribution is 5.69. The summed E-state index contributed by atoms with van der Waals surface area (Å²) >= 11 is 0. The van der Waals surface area contributed by atoms with Gasteiger partial charge in [-0.15, -0.1) is 0 Å². The molecular weight excluding hydrogens is 520 g/mol. The smallest absolute Gasteiger partial charge is 0.306 e. The molecule has 0 aliphatic rings. The Hall–Kier alpha value is -1.58. The second-order valence-electron chi connectivity index (χ2n) is 12.4. The minimum absolute atomic E-state index is 0.0111. The maximum absolute atomic E-state index is 12.6. The monoisotopic (exact) mass is 591 g/mol. The van der Waals surface area contributed by atoms with E-state index in [9.17, 15) is 9.59 Å². The lowest BCUT2D eigenvalue weighted by Crippen LogP contribution is -2.18. The van der Waals surface area contributed by atoms with E-state index in [4.69, 9.17) is 9.84 Å². The largest absolute Gasteiger partial charge is 0.481 e. The predicted molar refractivity (Wildman–Crippen MR) is 181 cm³/mol. The van der Waals surface area contributed by atoms with Crippen molar-refractivity contribution < 1.29 is 19.4 Å². The van der Waals surface area contributed by atoms with Gasteiger partial charge >= 0.3 is 11.9 Å². The number of carboxylic acid groups (broad SMARTS) is 1. The quantitative estimate of drug-likeness (QED) is 0.0469. The SMILES string of the molecule is CCCCC/C=C\C/C=C\CCCCCCCC(=O)OC(CCCCCCCCCCC)CCCCCCCC(=O)O. The molecule has 1 unspecified atom stereocenters. The number of hydrogen-bond donors (Lipinski definition) is 1. The minimum Gasteiger partial charge on any atom is -0.481 e. The van der Waals surface area contributed by atoms with E-state index in [1.807, 2.05) is 0 Å². The van der Waals surface area contributed by atoms with Crippen molar-refractivity contribution in [3.8, 4) is 0 Å². The first kappa shape index (κ1) is 40.4. The molecule has 246 valence electrons. The molecule has 0 aromatic heterocycles. The Labute approximate surface area is 261 Å². The van der Waals surface area contributed by atoms with Gasteiger partial charge in [0, 0.05) is 12.8 Å². The van der Waals surface area contributed by atoms with Gasteiger partial charge in [-0.2, -0.15) is 0 Å². The molecule has 0 saturated carbocycles. The van der Waals surface area contributed by atoms with Gasteiger partial charge in [-0.05, 0) is 70.6 Å². The summed E-state index contributed by atoms with van der Waals surface area (Å²) in [6.45, 7) is 4.51. The number of hydrogen-bond acceptors (Lipinski definition) is 3. The second kappa shape index (κ2) is 33.9. The summed E-state index contributed by atoms with van der Waals surface area (Å²) in [6.07, 6.45) is 41.8. The first-order valence-corrected chi connectivity index (χ1v) is 18.3. The van der Waals surface area contributed by atoms with Gasteiger partial charge < -0.3 is 9.84 Å². The highest BCUT2D eigenvalue weighted by Crippen LogP contribution is 2.19. The van der Waals surface area contributed by atoms with Crippen LogP contribution in [0.5, 0.6) is 0 Å². The Bertz CT molecular complexity index is 639. The van der Waals surface area contributed by atoms with Crippen LogP contribution >= 0.6 is 0 Å². The van der Waals surface area contributed by atoms with Gasteiger partial charge in [0.2, 0.25) is 0 Å². The van der Waals surface area contributed by atoms with Gasteiger partial charge in [0.1, 0.15) is 6.10 Å². The minimum atomic E-state index is -0.702. The molecule has 0 bridgehead atoms. The van der Waals surface area contributed by atoms with Crippen LogP contribution in [0.4, 0.5) is 0 Å². The zero-order chi connectivity index (χ0) is 30.8. The van der Waals surface area contributed by atoms with E-state index >= 15 is 0 Å². The van der Waals surface area contributed by atoms with Crippen molar-refractivity contribution in [1.29, 1.82) is 0 Å². The van der Waals surface area contributed by atoms with Gasteiger partial charge in [-0.3, -0.25) is 9.59 Å². The Balaban J connectivity index is 4.03. The topological polar surface area (TPSA) is 63.6 Å². The van der Waals surface area contributed by atoms with Crippen LogP contribution in [0, 0.1) is 0 Å². The fourth-order valence-corrected chi connectivity index (χ4v) is 5.45. The highest BCUT2D eigenvalue weighted by atomic mass is 16.5. The average Bonchev–Trinajstić information content (AvgIpc) is 2.97. The lowest BCUT2D eigenvalue weighted by atomic mass is 10.0. The number of unbranched alkanes of at least 4 members (excludes halogenated alkanes) is 20. The molecule has 1 atom stereocenters. The standard InChI is InChI=1S/C38H70O4/c1-3-5-7-9-11-13-14-15-16-17-18-20-22-27-31-35-38(41)42-36(33-29-25-23-26-30-34-37(39)40)32-28-24-21-19-12-10-8-6-4-2/h11,13,15-16,36H,3-10,12,14,17-35H2,1-2H3,(H,39,40)/b13-11-,16-15-. The van der Waals surface area contributed by atoms with Crippen LogP contribution in [0.25, 0.3) is 0 Å². The van der Waals surface area contributed by atoms with Crippen LogP contribution < -0.4 is 0 Å². The van der Waals surface area contributed by atoms with Gasteiger partial charge in [-0.25, -0.2) is 0 Å². The first-order valence-electron chi connectivity index (χ1n) is 18.3. The Kier molecular flexibility index (Phi) is 32.6. The van der Waals surface area contributed by atoms with E-state index in [2.05, 4.69) is 38.2 Å². The van der Waals surface area contributed by atoms with Gasteiger partial charge in [0.25, 0.3) is 0 Å². The third kappa shape index (κ3) is 32.9. The van der Waals surface area contributed by atoms with Crippen molar-refractivity contribution in [3.63, 3.8) is 0 Å². The van der Waals surface area contributed by atoms with Gasteiger partial charge in [0.05, 0.1) is 0 Å². The zero-order valence-electron chi connectivity index (χ0n) is 28.1. The van der Waals surface area contributed by atoms with Crippen molar-refractivity contribution >= 4 is 11.9 Å². The molecule has 0 fully saturated rings. The van der Waals surface area contributed by atoms with E-state index in [1.165, 1.54) is 96.3 Å². The third-order valence-corrected chi connectivity index (χ3v) is 8.18. The van der Waals surface area contributed by atoms with E-state index < -0.39 is 5.97 Å². The van der Waals surface area contributed by atoms with Crippen molar-refractivity contribution in [1.82, 2.24) is 0 Å². The second-order valence-corrected chi connectivity index (χ2v) is 12.4. The molecule has 4 nitrogen and oxygen atoms in total. The molecule has 0 spiro atoms. The Morgan fingerprint density at radius 3 is 1.45 bits per heavy atom. The number of ether oxygens (including phenoxy) is 1. The van der Waals surface area contributed by atoms with Gasteiger partial charge in [-0.1, -0.05) is 141 Å². The molecule has 0 aliphatic heterocycles. The summed E-state index contributed by atoms with van der Waals surface area (Å²) in [5.74, 6) is -0.713. The number of carbonyl (C=O) groups is 2. The summed E-state index contributed by atoms with van der Waals surface area (Å²) < 4.78 is 5.97. The van der Waals surface area contributed by atoms with E-state index in [0.717, 1.165) is 77.0 Å². The lowest BCUT2D eigenvalue weighted by Gasteiger charge is -2.18. The lowest BCUT2D eigenvalue weighted by molar-refractivity contribution is -0.150. The maximum Gasteiger partial charge on any atom is 0.306 e. The van der Waals surface area contributed by atoms with Crippen molar-refractivity contribution in [3.05, 3.63) is 24.3 Å². The first-order chi connectivity index (χ1) is 20.6. The summed E-state index contributed by atoms with van der Waals surface area (Å²) in [7, 11) is 0. The fraction of sp³-hybridized carbons (Fsp3) is 0.842. The number of carboxylic acids is 1. The van der Waals surface area contributed by atoms with Crippen molar-refractivity contribution in [2.24, 2.45) is 0 Å². The molecule has 0 heterocycles. The molecule has 0 aliphatic carbocycles. The molecule has 0 amide bonds. The maximum atomic E-state index is 12.6. The zero-order valence-corrected chi connectivity index (χ0v) is 28.1. The number of esters is 1. The Morgan fingerprint density at radius 1 is 0.524 bits per heavy atom. The van der Waals surface area contributed by atoms with Crippen LogP contribution in [0.15, 0.2) is 24.3 Å². The van der Waals surface area contributed by atoms with E-state index in [-0.39, 0.29) is 18.5 Å². The molecule has 0 saturated heterocycles. The van der Waals surface area contributed by atoms with Crippen LogP contribution in [-0.4, -0.2) is 23.1 Å². The average molecular weight is 591 g/mol. The highest BCUT2D eigenvalue weighted by Gasteiger charge is 2.14. The molecule has 0 rings (SSSR count). The molecule has 0 radical (unpaired) electrons. The molecule has 0 aromatic carbocycles. The molecule has 0 aromatic rings. The van der Waals surface area contributed by atoms with Crippen molar-refractivity contribution in [2.75, 3.05) is 0 Å². The summed E-state index contributed by atoms with van der Waals surface area (Å²) in [5.41, 5.74) is 0. The summed E-state index contributed by atoms with van der Waals surface area (Å²) in [6, 6.07) is 0. The molecule has 1 N–H and O–H groups in total. The summed E-state index contributed by atoms with van der Waals surface area (Å²) in [4.78, 5) is 23.3. The van der Waals surface area contributed by atoms with Crippen LogP contribution in [0.3, 0.4) is 0 Å². The van der Waals surface area contributed by atoms with Gasteiger partial charge in [0.15, 0.2) is 0 Å².